The number of nitrogens with zero attached hydrogens (tertiary/aromatic N) is 2. The van der Waals surface area contributed by atoms with Crippen molar-refractivity contribution < 1.29 is 9.21 Å². The molecule has 0 spiro atoms. The summed E-state index contributed by atoms with van der Waals surface area (Å²) in [6.45, 7) is 5.18. The summed E-state index contributed by atoms with van der Waals surface area (Å²) >= 11 is 0. The number of carbonyl (C=O) groups is 1. The number of anilines is 1. The van der Waals surface area contributed by atoms with Gasteiger partial charge in [-0.15, -0.1) is 0 Å². The van der Waals surface area contributed by atoms with Gasteiger partial charge in [0.2, 0.25) is 5.95 Å². The number of hydrogen-bond donors (Lipinski definition) is 2. The van der Waals surface area contributed by atoms with E-state index in [0.717, 1.165) is 5.76 Å². The molecule has 2 rings (SSSR count). The minimum atomic E-state index is -0.192. The van der Waals surface area contributed by atoms with Crippen molar-refractivity contribution in [2.24, 2.45) is 5.92 Å². The molecule has 0 unspecified atom stereocenters. The summed E-state index contributed by atoms with van der Waals surface area (Å²) in [6.07, 6.45) is 3.16. The highest BCUT2D eigenvalue weighted by Crippen LogP contribution is 2.05. The Balaban J connectivity index is 1.95. The molecule has 2 aromatic rings. The van der Waals surface area contributed by atoms with Crippen LogP contribution in [0.2, 0.25) is 0 Å². The lowest BCUT2D eigenvalue weighted by Crippen LogP contribution is -2.28. The maximum absolute atomic E-state index is 11.9. The Kier molecular flexibility index (Phi) is 4.70. The zero-order valence-electron chi connectivity index (χ0n) is 11.6. The number of furan rings is 1. The number of nitrogens with one attached hydrogen (secondary N) is 2. The topological polar surface area (TPSA) is 80.0 Å². The summed E-state index contributed by atoms with van der Waals surface area (Å²) in [7, 11) is 0. The van der Waals surface area contributed by atoms with Crippen molar-refractivity contribution in [1.29, 1.82) is 0 Å². The fourth-order valence-electron chi connectivity index (χ4n) is 1.54. The highest BCUT2D eigenvalue weighted by molar-refractivity contribution is 5.92. The summed E-state index contributed by atoms with van der Waals surface area (Å²) in [4.78, 5) is 20.1. The Morgan fingerprint density at radius 2 is 2.25 bits per heavy atom. The van der Waals surface area contributed by atoms with E-state index in [4.69, 9.17) is 4.42 Å². The molecular weight excluding hydrogens is 256 g/mol. The van der Waals surface area contributed by atoms with Gasteiger partial charge in [0.05, 0.1) is 12.8 Å². The second-order valence-electron chi connectivity index (χ2n) is 4.80. The van der Waals surface area contributed by atoms with Gasteiger partial charge in [-0.25, -0.2) is 9.97 Å². The third kappa shape index (κ3) is 4.08. The molecule has 0 aliphatic carbocycles. The van der Waals surface area contributed by atoms with Crippen LogP contribution in [0.4, 0.5) is 5.95 Å². The molecule has 0 radical (unpaired) electrons. The zero-order valence-corrected chi connectivity index (χ0v) is 11.6. The molecule has 0 aliphatic rings. The quantitative estimate of drug-likeness (QED) is 0.843. The first-order chi connectivity index (χ1) is 9.65. The average Bonchev–Trinajstić information content (AvgIpc) is 2.96. The second kappa shape index (κ2) is 6.70. The molecular formula is C14H18N4O2. The fraction of sp³-hybridized carbons (Fsp3) is 0.357. The van der Waals surface area contributed by atoms with Crippen molar-refractivity contribution in [1.82, 2.24) is 15.3 Å². The van der Waals surface area contributed by atoms with Crippen LogP contribution in [0.5, 0.6) is 0 Å². The summed E-state index contributed by atoms with van der Waals surface area (Å²) in [6, 6.07) is 5.26. The summed E-state index contributed by atoms with van der Waals surface area (Å²) < 4.78 is 5.20. The Morgan fingerprint density at radius 3 is 2.95 bits per heavy atom. The monoisotopic (exact) mass is 274 g/mol. The number of rotatable bonds is 6. The third-order valence-electron chi connectivity index (χ3n) is 2.56. The minimum absolute atomic E-state index is 0.192. The molecule has 2 N–H and O–H groups in total. The summed E-state index contributed by atoms with van der Waals surface area (Å²) in [5.74, 6) is 1.39. The Morgan fingerprint density at radius 1 is 1.40 bits per heavy atom. The van der Waals surface area contributed by atoms with Crippen molar-refractivity contribution in [3.63, 3.8) is 0 Å². The molecule has 0 fully saturated rings. The Hall–Kier alpha value is -2.37. The Labute approximate surface area is 117 Å². The van der Waals surface area contributed by atoms with Crippen LogP contribution in [-0.2, 0) is 6.54 Å². The minimum Gasteiger partial charge on any atom is -0.467 e. The number of hydrogen-bond acceptors (Lipinski definition) is 5. The lowest BCUT2D eigenvalue weighted by atomic mass is 10.2. The van der Waals surface area contributed by atoms with Crippen molar-refractivity contribution in [2.45, 2.75) is 20.4 Å². The molecule has 0 saturated carbocycles. The van der Waals surface area contributed by atoms with Crippen molar-refractivity contribution >= 4 is 11.9 Å². The zero-order chi connectivity index (χ0) is 14.4. The number of carbonyl (C=O) groups excluding carboxylic acids is 1. The van der Waals surface area contributed by atoms with Crippen LogP contribution >= 0.6 is 0 Å². The standard InChI is InChI=1S/C14H18N4O2/c1-10(2)8-16-13(19)12-5-6-15-14(18-12)17-9-11-4-3-7-20-11/h3-7,10H,8-9H2,1-2H3,(H,16,19)(H,15,17,18). The highest BCUT2D eigenvalue weighted by Gasteiger charge is 2.09. The van der Waals surface area contributed by atoms with Gasteiger partial charge in [-0.3, -0.25) is 4.79 Å². The molecule has 0 aromatic carbocycles. The van der Waals surface area contributed by atoms with Crippen LogP contribution in [0.25, 0.3) is 0 Å². The first-order valence-corrected chi connectivity index (χ1v) is 6.52. The van der Waals surface area contributed by atoms with Gasteiger partial charge < -0.3 is 15.1 Å². The van der Waals surface area contributed by atoms with E-state index in [9.17, 15) is 4.79 Å². The van der Waals surface area contributed by atoms with E-state index >= 15 is 0 Å². The van der Waals surface area contributed by atoms with Crippen molar-refractivity contribution in [3.8, 4) is 0 Å². The lowest BCUT2D eigenvalue weighted by Gasteiger charge is -2.08. The molecule has 0 atom stereocenters. The van der Waals surface area contributed by atoms with E-state index in [1.165, 1.54) is 0 Å². The largest absolute Gasteiger partial charge is 0.467 e. The van der Waals surface area contributed by atoms with Gasteiger partial charge in [-0.05, 0) is 24.1 Å². The first-order valence-electron chi connectivity index (χ1n) is 6.52. The van der Waals surface area contributed by atoms with Crippen molar-refractivity contribution in [2.75, 3.05) is 11.9 Å². The smallest absolute Gasteiger partial charge is 0.270 e. The van der Waals surface area contributed by atoms with Gasteiger partial charge in [0, 0.05) is 12.7 Å². The second-order valence-corrected chi connectivity index (χ2v) is 4.80. The molecule has 106 valence electrons. The highest BCUT2D eigenvalue weighted by atomic mass is 16.3. The first kappa shape index (κ1) is 14.0. The van der Waals surface area contributed by atoms with Gasteiger partial charge in [0.15, 0.2) is 0 Å². The van der Waals surface area contributed by atoms with Crippen LogP contribution in [0.1, 0.15) is 30.1 Å². The van der Waals surface area contributed by atoms with Gasteiger partial charge in [-0.1, -0.05) is 13.8 Å². The molecule has 20 heavy (non-hydrogen) atoms. The van der Waals surface area contributed by atoms with Crippen LogP contribution < -0.4 is 10.6 Å². The molecule has 2 aromatic heterocycles. The summed E-state index contributed by atoms with van der Waals surface area (Å²) in [5, 5.41) is 5.83. The lowest BCUT2D eigenvalue weighted by molar-refractivity contribution is 0.0944. The van der Waals surface area contributed by atoms with Gasteiger partial charge in [-0.2, -0.15) is 0 Å². The van der Waals surface area contributed by atoms with Crippen molar-refractivity contribution in [3.05, 3.63) is 42.1 Å². The predicted molar refractivity (Wildman–Crippen MR) is 75.2 cm³/mol. The SMILES string of the molecule is CC(C)CNC(=O)c1ccnc(NCc2ccco2)n1. The van der Waals surface area contributed by atoms with E-state index in [1.54, 1.807) is 18.5 Å². The van der Waals surface area contributed by atoms with E-state index in [1.807, 2.05) is 26.0 Å². The van der Waals surface area contributed by atoms with E-state index in [-0.39, 0.29) is 5.91 Å². The molecule has 0 aliphatic heterocycles. The fourth-order valence-corrected chi connectivity index (χ4v) is 1.54. The molecule has 0 saturated heterocycles. The molecule has 6 nitrogen and oxygen atoms in total. The maximum Gasteiger partial charge on any atom is 0.270 e. The van der Waals surface area contributed by atoms with Crippen LogP contribution in [0.15, 0.2) is 35.1 Å². The van der Waals surface area contributed by atoms with E-state index in [2.05, 4.69) is 20.6 Å². The van der Waals surface area contributed by atoms with E-state index < -0.39 is 0 Å². The maximum atomic E-state index is 11.9. The van der Waals surface area contributed by atoms with Crippen LogP contribution in [0, 0.1) is 5.92 Å². The average molecular weight is 274 g/mol. The molecule has 6 heteroatoms. The van der Waals surface area contributed by atoms with Gasteiger partial charge in [0.1, 0.15) is 11.5 Å². The van der Waals surface area contributed by atoms with Crippen LogP contribution in [-0.4, -0.2) is 22.4 Å². The molecule has 1 amide bonds. The Bertz CT molecular complexity index is 552. The van der Waals surface area contributed by atoms with E-state index in [0.29, 0.717) is 30.6 Å². The third-order valence-corrected chi connectivity index (χ3v) is 2.56. The van der Waals surface area contributed by atoms with Gasteiger partial charge >= 0.3 is 0 Å². The van der Waals surface area contributed by atoms with Crippen LogP contribution in [0.3, 0.4) is 0 Å². The molecule has 0 bridgehead atoms. The number of amides is 1. The predicted octanol–water partition coefficient (Wildman–Crippen LogP) is 2.07. The van der Waals surface area contributed by atoms with Gasteiger partial charge in [0.25, 0.3) is 5.91 Å². The molecule has 2 heterocycles. The number of aromatic nitrogens is 2. The normalized spacial score (nSPS) is 10.6. The summed E-state index contributed by atoms with van der Waals surface area (Å²) in [5.41, 5.74) is 0.350.